The highest BCUT2D eigenvalue weighted by Gasteiger charge is 2.22. The molecular formula is C25H26N4O6S. The lowest BCUT2D eigenvalue weighted by atomic mass is 10.1. The molecule has 10 nitrogen and oxygen atoms in total. The number of hydrogen-bond donors (Lipinski definition) is 1. The maximum atomic E-state index is 12.4. The van der Waals surface area contributed by atoms with E-state index in [1.54, 1.807) is 55.5 Å². The molecule has 0 fully saturated rings. The number of hydrazone groups is 1. The summed E-state index contributed by atoms with van der Waals surface area (Å²) in [4.78, 5) is 22.6. The van der Waals surface area contributed by atoms with Gasteiger partial charge in [0.1, 0.15) is 18.9 Å². The molecule has 1 amide bonds. The number of carbonyl (C=O) groups excluding carboxylic acids is 1. The van der Waals surface area contributed by atoms with Crippen LogP contribution in [0.5, 0.6) is 5.75 Å². The number of sulfonamides is 1. The fourth-order valence-electron chi connectivity index (χ4n) is 3.34. The van der Waals surface area contributed by atoms with E-state index in [0.717, 1.165) is 27.3 Å². The number of amides is 1. The van der Waals surface area contributed by atoms with E-state index in [4.69, 9.17) is 4.74 Å². The van der Waals surface area contributed by atoms with Gasteiger partial charge in [-0.2, -0.15) is 5.10 Å². The summed E-state index contributed by atoms with van der Waals surface area (Å²) in [5.74, 6) is 0.00602. The first-order chi connectivity index (χ1) is 17.0. The van der Waals surface area contributed by atoms with Crippen LogP contribution in [0.3, 0.4) is 0 Å². The number of nitrogens with one attached hydrogen (secondary N) is 1. The zero-order chi connectivity index (χ0) is 26.3. The zero-order valence-electron chi connectivity index (χ0n) is 20.0. The fourth-order valence-corrected chi connectivity index (χ4v) is 4.26. The molecule has 0 aliphatic heterocycles. The SMILES string of the molecule is Cc1ccc(N(CC(=O)N/N=C/c2ccc(OCc3ccc([N+](=O)[O-])cc3)cc2)S(C)(=O)=O)c(C)c1. The smallest absolute Gasteiger partial charge is 0.269 e. The van der Waals surface area contributed by atoms with Gasteiger partial charge >= 0.3 is 0 Å². The molecule has 0 unspecified atom stereocenters. The second kappa shape index (κ2) is 11.5. The highest BCUT2D eigenvalue weighted by atomic mass is 32.2. The molecule has 0 bridgehead atoms. The Kier molecular flexibility index (Phi) is 8.38. The first kappa shape index (κ1) is 26.4. The number of hydrogen-bond acceptors (Lipinski definition) is 7. The first-order valence-electron chi connectivity index (χ1n) is 10.9. The van der Waals surface area contributed by atoms with Crippen molar-refractivity contribution in [2.45, 2.75) is 20.5 Å². The minimum absolute atomic E-state index is 0.0174. The second-order valence-corrected chi connectivity index (χ2v) is 10.0. The minimum atomic E-state index is -3.69. The predicted octanol–water partition coefficient (Wildman–Crippen LogP) is 3.71. The highest BCUT2D eigenvalue weighted by Crippen LogP contribution is 2.23. The molecule has 3 aromatic rings. The third-order valence-electron chi connectivity index (χ3n) is 5.14. The standard InChI is InChI=1S/C25H26N4O6S/c1-18-4-13-24(19(2)14-18)28(36(3,33)34)16-25(30)27-26-15-20-7-11-23(12-8-20)35-17-21-5-9-22(10-6-21)29(31)32/h4-15H,16-17H2,1-3H3,(H,27,30)/b26-15+. The van der Waals surface area contributed by atoms with Gasteiger partial charge in [0.2, 0.25) is 10.0 Å². The number of nitro benzene ring substituents is 1. The lowest BCUT2D eigenvalue weighted by Gasteiger charge is -2.23. The minimum Gasteiger partial charge on any atom is -0.489 e. The molecule has 0 atom stereocenters. The van der Waals surface area contributed by atoms with Gasteiger partial charge < -0.3 is 4.74 Å². The van der Waals surface area contributed by atoms with Crippen LogP contribution in [0, 0.1) is 24.0 Å². The van der Waals surface area contributed by atoms with E-state index in [2.05, 4.69) is 10.5 Å². The van der Waals surface area contributed by atoms with Crippen LogP contribution in [-0.4, -0.2) is 38.3 Å². The Morgan fingerprint density at radius 1 is 1.08 bits per heavy atom. The van der Waals surface area contributed by atoms with E-state index in [9.17, 15) is 23.3 Å². The lowest BCUT2D eigenvalue weighted by Crippen LogP contribution is -2.39. The summed E-state index contributed by atoms with van der Waals surface area (Å²) in [5, 5.41) is 14.6. The van der Waals surface area contributed by atoms with Crippen LogP contribution in [-0.2, 0) is 21.4 Å². The Bertz CT molecular complexity index is 1370. The van der Waals surface area contributed by atoms with Crippen molar-refractivity contribution in [3.63, 3.8) is 0 Å². The first-order valence-corrected chi connectivity index (χ1v) is 12.7. The molecule has 3 rings (SSSR count). The largest absolute Gasteiger partial charge is 0.489 e. The fraction of sp³-hybridized carbons (Fsp3) is 0.200. The summed E-state index contributed by atoms with van der Waals surface area (Å²) in [6.07, 6.45) is 2.48. The van der Waals surface area contributed by atoms with E-state index >= 15 is 0 Å². The summed E-state index contributed by atoms with van der Waals surface area (Å²) >= 11 is 0. The third-order valence-corrected chi connectivity index (χ3v) is 6.27. The molecule has 36 heavy (non-hydrogen) atoms. The summed E-state index contributed by atoms with van der Waals surface area (Å²) < 4.78 is 31.3. The Morgan fingerprint density at radius 3 is 2.33 bits per heavy atom. The van der Waals surface area contributed by atoms with Crippen LogP contribution < -0.4 is 14.5 Å². The topological polar surface area (TPSA) is 131 Å². The molecule has 1 N–H and O–H groups in total. The molecule has 11 heteroatoms. The second-order valence-electron chi connectivity index (χ2n) is 8.13. The number of ether oxygens (including phenoxy) is 1. The van der Waals surface area contributed by atoms with Crippen molar-refractivity contribution >= 4 is 33.5 Å². The Labute approximate surface area is 209 Å². The average Bonchev–Trinajstić information content (AvgIpc) is 2.82. The highest BCUT2D eigenvalue weighted by molar-refractivity contribution is 7.92. The van der Waals surface area contributed by atoms with Gasteiger partial charge in [0.05, 0.1) is 23.1 Å². The molecule has 0 saturated carbocycles. The van der Waals surface area contributed by atoms with Crippen molar-refractivity contribution in [3.8, 4) is 5.75 Å². The number of anilines is 1. The average molecular weight is 511 g/mol. The maximum Gasteiger partial charge on any atom is 0.269 e. The van der Waals surface area contributed by atoms with Crippen LogP contribution in [0.2, 0.25) is 0 Å². The van der Waals surface area contributed by atoms with Gasteiger partial charge in [0.25, 0.3) is 11.6 Å². The van der Waals surface area contributed by atoms with Gasteiger partial charge in [-0.05, 0) is 73.0 Å². The van der Waals surface area contributed by atoms with Crippen molar-refractivity contribution in [2.75, 3.05) is 17.1 Å². The maximum absolute atomic E-state index is 12.4. The number of non-ortho nitro benzene ring substituents is 1. The van der Waals surface area contributed by atoms with Crippen LogP contribution in [0.15, 0.2) is 71.8 Å². The third kappa shape index (κ3) is 7.37. The molecule has 0 aromatic heterocycles. The van der Waals surface area contributed by atoms with E-state index in [-0.39, 0.29) is 12.3 Å². The normalized spacial score (nSPS) is 11.3. The van der Waals surface area contributed by atoms with Crippen molar-refractivity contribution in [3.05, 3.63) is 99.1 Å². The molecule has 0 aliphatic carbocycles. The van der Waals surface area contributed by atoms with E-state index in [0.29, 0.717) is 17.0 Å². The van der Waals surface area contributed by atoms with Gasteiger partial charge in [-0.3, -0.25) is 19.2 Å². The number of nitro groups is 1. The number of carbonyl (C=O) groups is 1. The summed E-state index contributed by atoms with van der Waals surface area (Å²) in [6, 6.07) is 18.3. The summed E-state index contributed by atoms with van der Waals surface area (Å²) in [7, 11) is -3.69. The van der Waals surface area contributed by atoms with E-state index < -0.39 is 27.4 Å². The van der Waals surface area contributed by atoms with Crippen LogP contribution >= 0.6 is 0 Å². The number of nitrogens with zero attached hydrogens (tertiary/aromatic N) is 3. The molecule has 188 valence electrons. The molecule has 0 spiro atoms. The van der Waals surface area contributed by atoms with Crippen LogP contribution in [0.25, 0.3) is 0 Å². The van der Waals surface area contributed by atoms with Crippen molar-refractivity contribution in [2.24, 2.45) is 5.10 Å². The Balaban J connectivity index is 1.55. The van der Waals surface area contributed by atoms with Gasteiger partial charge in [-0.1, -0.05) is 17.7 Å². The number of aryl methyl sites for hydroxylation is 2. The summed E-state index contributed by atoms with van der Waals surface area (Å²) in [6.45, 7) is 3.53. The quantitative estimate of drug-likeness (QED) is 0.251. The number of benzene rings is 3. The van der Waals surface area contributed by atoms with Gasteiger partial charge in [-0.25, -0.2) is 13.8 Å². The molecule has 0 heterocycles. The monoisotopic (exact) mass is 510 g/mol. The molecule has 0 radical (unpaired) electrons. The molecule has 0 saturated heterocycles. The summed E-state index contributed by atoms with van der Waals surface area (Å²) in [5.41, 5.74) is 6.02. The molecular weight excluding hydrogens is 484 g/mol. The lowest BCUT2D eigenvalue weighted by molar-refractivity contribution is -0.384. The van der Waals surface area contributed by atoms with Gasteiger partial charge in [0.15, 0.2) is 0 Å². The Morgan fingerprint density at radius 2 is 1.75 bits per heavy atom. The molecule has 3 aromatic carbocycles. The molecule has 0 aliphatic rings. The van der Waals surface area contributed by atoms with Crippen molar-refractivity contribution < 1.29 is 22.9 Å². The Hall–Kier alpha value is -4.25. The predicted molar refractivity (Wildman–Crippen MR) is 138 cm³/mol. The van der Waals surface area contributed by atoms with Crippen LogP contribution in [0.4, 0.5) is 11.4 Å². The van der Waals surface area contributed by atoms with E-state index in [1.165, 1.54) is 18.3 Å². The zero-order valence-corrected chi connectivity index (χ0v) is 20.9. The van der Waals surface area contributed by atoms with E-state index in [1.807, 2.05) is 13.0 Å². The van der Waals surface area contributed by atoms with Gasteiger partial charge in [-0.15, -0.1) is 0 Å². The van der Waals surface area contributed by atoms with Crippen molar-refractivity contribution in [1.29, 1.82) is 0 Å². The van der Waals surface area contributed by atoms with Crippen LogP contribution in [0.1, 0.15) is 22.3 Å². The number of rotatable bonds is 10. The van der Waals surface area contributed by atoms with Crippen molar-refractivity contribution in [1.82, 2.24) is 5.43 Å². The van der Waals surface area contributed by atoms with Gasteiger partial charge in [0, 0.05) is 12.1 Å².